The fraction of sp³-hybridized carbons (Fsp3) is 0.222. The highest BCUT2D eigenvalue weighted by Crippen LogP contribution is 2.17. The smallest absolute Gasteiger partial charge is 0.136 e. The number of aromatic nitrogens is 3. The predicted molar refractivity (Wildman–Crippen MR) is 46.8 cm³/mol. The highest BCUT2D eigenvalue weighted by Gasteiger charge is 2.06. The van der Waals surface area contributed by atoms with Crippen LogP contribution in [0.15, 0.2) is 12.3 Å². The molecular weight excluding hydrogens is 169 g/mol. The third kappa shape index (κ3) is 1.24. The number of hydrogen-bond acceptors (Lipinski definition) is 3. The Labute approximate surface area is 74.6 Å². The zero-order valence-electron chi connectivity index (χ0n) is 7.37. The Balaban J connectivity index is 2.94. The molecule has 0 saturated heterocycles. The number of hydrogen-bond donors (Lipinski definition) is 0. The maximum absolute atomic E-state index is 13.4. The summed E-state index contributed by atoms with van der Waals surface area (Å²) in [6, 6.07) is 1.40. The van der Waals surface area contributed by atoms with E-state index >= 15 is 0 Å². The lowest BCUT2D eigenvalue weighted by Crippen LogP contribution is -1.94. The molecule has 0 aliphatic rings. The zero-order chi connectivity index (χ0) is 9.42. The van der Waals surface area contributed by atoms with E-state index in [0.29, 0.717) is 22.3 Å². The van der Waals surface area contributed by atoms with Crippen LogP contribution in [0, 0.1) is 19.7 Å². The van der Waals surface area contributed by atoms with E-state index < -0.39 is 0 Å². The van der Waals surface area contributed by atoms with Gasteiger partial charge in [0.2, 0.25) is 0 Å². The maximum Gasteiger partial charge on any atom is 0.136 e. The highest BCUT2D eigenvalue weighted by atomic mass is 19.1. The quantitative estimate of drug-likeness (QED) is 0.615. The average molecular weight is 177 g/mol. The van der Waals surface area contributed by atoms with Gasteiger partial charge in [-0.15, -0.1) is 0 Å². The Morgan fingerprint density at radius 2 is 2.08 bits per heavy atom. The molecule has 2 aromatic heterocycles. The maximum atomic E-state index is 13.4. The fourth-order valence-corrected chi connectivity index (χ4v) is 1.33. The van der Waals surface area contributed by atoms with Crippen LogP contribution in [0.2, 0.25) is 0 Å². The molecule has 0 fully saturated rings. The van der Waals surface area contributed by atoms with Crippen LogP contribution in [0.3, 0.4) is 0 Å². The lowest BCUT2D eigenvalue weighted by Gasteiger charge is -2.01. The van der Waals surface area contributed by atoms with Crippen molar-refractivity contribution in [2.24, 2.45) is 0 Å². The van der Waals surface area contributed by atoms with Crippen molar-refractivity contribution in [3.63, 3.8) is 0 Å². The van der Waals surface area contributed by atoms with Crippen molar-refractivity contribution in [3.05, 3.63) is 29.5 Å². The van der Waals surface area contributed by atoms with Gasteiger partial charge in [0.15, 0.2) is 0 Å². The molecule has 2 aromatic rings. The van der Waals surface area contributed by atoms with Crippen LogP contribution in [0.4, 0.5) is 4.39 Å². The van der Waals surface area contributed by atoms with E-state index in [0.717, 1.165) is 0 Å². The number of pyridine rings is 1. The van der Waals surface area contributed by atoms with Gasteiger partial charge in [0.25, 0.3) is 0 Å². The van der Waals surface area contributed by atoms with Gasteiger partial charge >= 0.3 is 0 Å². The molecule has 4 heteroatoms. The summed E-state index contributed by atoms with van der Waals surface area (Å²) in [6.45, 7) is 3.47. The summed E-state index contributed by atoms with van der Waals surface area (Å²) in [5.74, 6) is -0.282. The van der Waals surface area contributed by atoms with Gasteiger partial charge in [0.1, 0.15) is 5.82 Å². The van der Waals surface area contributed by atoms with Crippen molar-refractivity contribution >= 4 is 10.9 Å². The molecule has 0 aromatic carbocycles. The van der Waals surface area contributed by atoms with E-state index in [1.165, 1.54) is 12.3 Å². The SMILES string of the molecule is Cc1cc(F)c2c(C)nncc2n1. The number of aryl methyl sites for hydroxylation is 2. The van der Waals surface area contributed by atoms with Crippen LogP contribution < -0.4 is 0 Å². The third-order valence-corrected chi connectivity index (χ3v) is 1.88. The monoisotopic (exact) mass is 177 g/mol. The summed E-state index contributed by atoms with van der Waals surface area (Å²) >= 11 is 0. The first-order valence-electron chi connectivity index (χ1n) is 3.93. The first kappa shape index (κ1) is 8.04. The van der Waals surface area contributed by atoms with Crippen LogP contribution in [0.5, 0.6) is 0 Å². The minimum atomic E-state index is -0.282. The summed E-state index contributed by atoms with van der Waals surface area (Å²) in [7, 11) is 0. The minimum absolute atomic E-state index is 0.282. The summed E-state index contributed by atoms with van der Waals surface area (Å²) in [5.41, 5.74) is 1.78. The zero-order valence-corrected chi connectivity index (χ0v) is 7.37. The van der Waals surface area contributed by atoms with Crippen LogP contribution in [-0.4, -0.2) is 15.2 Å². The van der Waals surface area contributed by atoms with Crippen LogP contribution >= 0.6 is 0 Å². The van der Waals surface area contributed by atoms with E-state index in [4.69, 9.17) is 0 Å². The van der Waals surface area contributed by atoms with Crippen molar-refractivity contribution in [2.75, 3.05) is 0 Å². The lowest BCUT2D eigenvalue weighted by atomic mass is 10.2. The Hall–Kier alpha value is -1.58. The van der Waals surface area contributed by atoms with E-state index in [2.05, 4.69) is 15.2 Å². The summed E-state index contributed by atoms with van der Waals surface area (Å²) in [5, 5.41) is 7.94. The van der Waals surface area contributed by atoms with Gasteiger partial charge < -0.3 is 0 Å². The van der Waals surface area contributed by atoms with Crippen molar-refractivity contribution < 1.29 is 4.39 Å². The largest absolute Gasteiger partial charge is 0.251 e. The normalized spacial score (nSPS) is 10.7. The summed E-state index contributed by atoms with van der Waals surface area (Å²) in [6.07, 6.45) is 1.47. The standard InChI is InChI=1S/C9H8FN3/c1-5-3-7(10)9-6(2)13-11-4-8(9)12-5/h3-4H,1-2H3. The molecule has 0 aliphatic carbocycles. The molecule has 2 heterocycles. The minimum Gasteiger partial charge on any atom is -0.251 e. The second kappa shape index (κ2) is 2.73. The van der Waals surface area contributed by atoms with Gasteiger partial charge in [0, 0.05) is 5.69 Å². The molecule has 13 heavy (non-hydrogen) atoms. The molecule has 0 N–H and O–H groups in total. The second-order valence-corrected chi connectivity index (χ2v) is 2.94. The molecule has 2 rings (SSSR count). The molecule has 0 radical (unpaired) electrons. The summed E-state index contributed by atoms with van der Waals surface area (Å²) < 4.78 is 13.4. The van der Waals surface area contributed by atoms with Gasteiger partial charge in [-0.3, -0.25) is 4.98 Å². The van der Waals surface area contributed by atoms with Gasteiger partial charge in [-0.25, -0.2) is 4.39 Å². The first-order chi connectivity index (χ1) is 6.18. The van der Waals surface area contributed by atoms with Crippen LogP contribution in [-0.2, 0) is 0 Å². The van der Waals surface area contributed by atoms with Gasteiger partial charge in [-0.05, 0) is 19.9 Å². The molecule has 0 amide bonds. The predicted octanol–water partition coefficient (Wildman–Crippen LogP) is 1.78. The van der Waals surface area contributed by atoms with Crippen molar-refractivity contribution in [1.82, 2.24) is 15.2 Å². The van der Waals surface area contributed by atoms with Gasteiger partial charge in [-0.1, -0.05) is 0 Å². The third-order valence-electron chi connectivity index (χ3n) is 1.88. The molecule has 0 unspecified atom stereocenters. The number of nitrogens with zero attached hydrogens (tertiary/aromatic N) is 3. The molecule has 0 spiro atoms. The molecule has 66 valence electrons. The first-order valence-corrected chi connectivity index (χ1v) is 3.93. The molecule has 3 nitrogen and oxygen atoms in total. The van der Waals surface area contributed by atoms with E-state index in [1.54, 1.807) is 13.8 Å². The van der Waals surface area contributed by atoms with E-state index in [-0.39, 0.29) is 5.82 Å². The Bertz CT molecular complexity index is 468. The topological polar surface area (TPSA) is 38.7 Å². The van der Waals surface area contributed by atoms with Crippen LogP contribution in [0.25, 0.3) is 10.9 Å². The summed E-state index contributed by atoms with van der Waals surface area (Å²) in [4.78, 5) is 4.15. The van der Waals surface area contributed by atoms with Gasteiger partial charge in [-0.2, -0.15) is 10.2 Å². The van der Waals surface area contributed by atoms with Crippen molar-refractivity contribution in [1.29, 1.82) is 0 Å². The van der Waals surface area contributed by atoms with Gasteiger partial charge in [0.05, 0.1) is 22.8 Å². The van der Waals surface area contributed by atoms with Crippen molar-refractivity contribution in [2.45, 2.75) is 13.8 Å². The number of fused-ring (bicyclic) bond motifs is 1. The number of rotatable bonds is 0. The Morgan fingerprint density at radius 1 is 1.31 bits per heavy atom. The molecule has 0 aliphatic heterocycles. The fourth-order valence-electron chi connectivity index (χ4n) is 1.33. The molecule has 0 saturated carbocycles. The van der Waals surface area contributed by atoms with E-state index in [1.807, 2.05) is 0 Å². The van der Waals surface area contributed by atoms with Crippen molar-refractivity contribution in [3.8, 4) is 0 Å². The lowest BCUT2D eigenvalue weighted by molar-refractivity contribution is 0.635. The second-order valence-electron chi connectivity index (χ2n) is 2.94. The average Bonchev–Trinajstić information content (AvgIpc) is 2.02. The van der Waals surface area contributed by atoms with Crippen LogP contribution in [0.1, 0.15) is 11.4 Å². The molecular formula is C9H8FN3. The molecule has 0 atom stereocenters. The Kier molecular flexibility index (Phi) is 1.69. The Morgan fingerprint density at radius 3 is 2.85 bits per heavy atom. The number of halogens is 1. The highest BCUT2D eigenvalue weighted by molar-refractivity contribution is 5.80. The van der Waals surface area contributed by atoms with E-state index in [9.17, 15) is 4.39 Å². The molecule has 0 bridgehead atoms.